The van der Waals surface area contributed by atoms with Gasteiger partial charge in [-0.15, -0.1) is 0 Å². The molecule has 1 atom stereocenters. The minimum Gasteiger partial charge on any atom is -0.462 e. The van der Waals surface area contributed by atoms with Crippen LogP contribution in [0.5, 0.6) is 0 Å². The van der Waals surface area contributed by atoms with Gasteiger partial charge in [-0.05, 0) is 19.3 Å². The van der Waals surface area contributed by atoms with Crippen LogP contribution in [-0.4, -0.2) is 37.2 Å². The van der Waals surface area contributed by atoms with Gasteiger partial charge in [0.1, 0.15) is 13.2 Å². The molecule has 0 spiro atoms. The molecule has 0 aromatic rings. The lowest BCUT2D eigenvalue weighted by Gasteiger charge is -2.18. The van der Waals surface area contributed by atoms with E-state index in [2.05, 4.69) is 20.8 Å². The summed E-state index contributed by atoms with van der Waals surface area (Å²) in [6.07, 6.45) is 83.2. The summed E-state index contributed by atoms with van der Waals surface area (Å²) < 4.78 is 17.0. The molecule has 1 unspecified atom stereocenters. The Bertz CT molecular complexity index is 1200. The highest BCUT2D eigenvalue weighted by atomic mass is 16.6. The minimum absolute atomic E-state index is 0.0606. The molecule has 6 nitrogen and oxygen atoms in total. The molecular weight excluding hydrogens is 985 g/mol. The molecule has 0 aliphatic carbocycles. The van der Waals surface area contributed by atoms with E-state index in [4.69, 9.17) is 14.2 Å². The number of unbranched alkanes of at least 4 members (excludes halogenated alkanes) is 59. The van der Waals surface area contributed by atoms with E-state index in [9.17, 15) is 14.4 Å². The third kappa shape index (κ3) is 67.2. The summed E-state index contributed by atoms with van der Waals surface area (Å²) in [5, 5.41) is 0. The fourth-order valence-electron chi connectivity index (χ4n) is 11.8. The second-order valence-electron chi connectivity index (χ2n) is 25.6. The topological polar surface area (TPSA) is 78.9 Å². The Morgan fingerprint density at radius 3 is 0.500 bits per heavy atom. The van der Waals surface area contributed by atoms with E-state index in [1.807, 2.05) is 0 Å². The zero-order valence-corrected chi connectivity index (χ0v) is 54.9. The molecule has 0 rings (SSSR count). The maximum absolute atomic E-state index is 12.9. The number of rotatable bonds is 70. The predicted molar refractivity (Wildman–Crippen MR) is 349 cm³/mol. The summed E-state index contributed by atoms with van der Waals surface area (Å²) in [5.41, 5.74) is 0. The van der Waals surface area contributed by atoms with Gasteiger partial charge in [0.15, 0.2) is 6.10 Å². The average molecular weight is 1130 g/mol. The van der Waals surface area contributed by atoms with E-state index in [0.717, 1.165) is 57.8 Å². The number of ether oxygens (including phenoxy) is 3. The van der Waals surface area contributed by atoms with E-state index in [1.165, 1.54) is 340 Å². The molecule has 0 aliphatic rings. The number of carbonyl (C=O) groups is 3. The zero-order chi connectivity index (χ0) is 57.8. The van der Waals surface area contributed by atoms with Crippen molar-refractivity contribution in [3.05, 3.63) is 0 Å². The molecule has 0 bridgehead atoms. The average Bonchev–Trinajstić information content (AvgIpc) is 3.46. The number of esters is 3. The molecule has 0 heterocycles. The maximum Gasteiger partial charge on any atom is 0.306 e. The van der Waals surface area contributed by atoms with Crippen LogP contribution in [0.3, 0.4) is 0 Å². The Kier molecular flexibility index (Phi) is 68.5. The van der Waals surface area contributed by atoms with Crippen molar-refractivity contribution in [2.24, 2.45) is 0 Å². The normalized spacial score (nSPS) is 11.9. The Morgan fingerprint density at radius 2 is 0.338 bits per heavy atom. The summed E-state index contributed by atoms with van der Waals surface area (Å²) in [6.45, 7) is 6.73. The van der Waals surface area contributed by atoms with Crippen molar-refractivity contribution in [1.29, 1.82) is 0 Å². The summed E-state index contributed by atoms with van der Waals surface area (Å²) in [7, 11) is 0. The molecule has 0 saturated heterocycles. The van der Waals surface area contributed by atoms with Gasteiger partial charge in [-0.2, -0.15) is 0 Å². The van der Waals surface area contributed by atoms with Crippen molar-refractivity contribution in [2.75, 3.05) is 13.2 Å². The molecule has 80 heavy (non-hydrogen) atoms. The van der Waals surface area contributed by atoms with E-state index in [1.54, 1.807) is 0 Å². The van der Waals surface area contributed by atoms with Gasteiger partial charge in [-0.3, -0.25) is 14.4 Å². The minimum atomic E-state index is -0.762. The standard InChI is InChI=1S/C74H144O6/c1-4-7-10-13-16-19-22-24-26-28-29-30-31-32-33-34-35-36-37-38-39-40-41-42-43-44-45-46-48-49-52-55-58-61-64-67-73(76)79-70-71(69-78-72(75)66-63-60-57-54-51-21-18-15-12-9-6-3)80-74(77)68-65-62-59-56-53-50-47-27-25-23-20-17-14-11-8-5-2/h71H,4-70H2,1-3H3. The quantitative estimate of drug-likeness (QED) is 0.0343. The van der Waals surface area contributed by atoms with Crippen LogP contribution in [0.1, 0.15) is 438 Å². The Hall–Kier alpha value is -1.59. The molecule has 0 fully saturated rings. The number of hydrogen-bond acceptors (Lipinski definition) is 6. The SMILES string of the molecule is CCCCCCCCCCCCCCCCCCCCCCCCCCCCCCCCCCCCCC(=O)OCC(COC(=O)CCCCCCCCCCCCC)OC(=O)CCCCCCCCCCCCCCCCCC. The second-order valence-corrected chi connectivity index (χ2v) is 25.6. The van der Waals surface area contributed by atoms with Crippen LogP contribution in [0, 0.1) is 0 Å². The Labute approximate surface area is 501 Å². The molecule has 0 radical (unpaired) electrons. The summed E-state index contributed by atoms with van der Waals surface area (Å²) in [4.78, 5) is 38.3. The molecule has 0 amide bonds. The third-order valence-corrected chi connectivity index (χ3v) is 17.4. The highest BCUT2D eigenvalue weighted by Gasteiger charge is 2.20. The van der Waals surface area contributed by atoms with Gasteiger partial charge < -0.3 is 14.2 Å². The second kappa shape index (κ2) is 69.9. The highest BCUT2D eigenvalue weighted by molar-refractivity contribution is 5.71. The third-order valence-electron chi connectivity index (χ3n) is 17.4. The van der Waals surface area contributed by atoms with E-state index in [-0.39, 0.29) is 31.1 Å². The summed E-state index contributed by atoms with van der Waals surface area (Å²) in [5.74, 6) is -0.825. The van der Waals surface area contributed by atoms with Crippen molar-refractivity contribution in [3.8, 4) is 0 Å². The van der Waals surface area contributed by atoms with Gasteiger partial charge >= 0.3 is 17.9 Å². The fraction of sp³-hybridized carbons (Fsp3) is 0.959. The van der Waals surface area contributed by atoms with Crippen LogP contribution >= 0.6 is 0 Å². The van der Waals surface area contributed by atoms with Crippen molar-refractivity contribution in [1.82, 2.24) is 0 Å². The fourth-order valence-corrected chi connectivity index (χ4v) is 11.8. The van der Waals surface area contributed by atoms with E-state index in [0.29, 0.717) is 19.3 Å². The van der Waals surface area contributed by atoms with Crippen LogP contribution in [0.4, 0.5) is 0 Å². The highest BCUT2D eigenvalue weighted by Crippen LogP contribution is 2.20. The lowest BCUT2D eigenvalue weighted by Crippen LogP contribution is -2.30. The maximum atomic E-state index is 12.9. The van der Waals surface area contributed by atoms with Crippen molar-refractivity contribution in [2.45, 2.75) is 444 Å². The van der Waals surface area contributed by atoms with Crippen LogP contribution in [-0.2, 0) is 28.6 Å². The molecular formula is C74H144O6. The van der Waals surface area contributed by atoms with E-state index >= 15 is 0 Å². The first-order valence-corrected chi connectivity index (χ1v) is 37.0. The number of carbonyl (C=O) groups excluding carboxylic acids is 3. The molecule has 0 aliphatic heterocycles. The molecule has 0 saturated carbocycles. The monoisotopic (exact) mass is 1130 g/mol. The lowest BCUT2D eigenvalue weighted by molar-refractivity contribution is -0.167. The first-order valence-electron chi connectivity index (χ1n) is 37.0. The van der Waals surface area contributed by atoms with Crippen molar-refractivity contribution < 1.29 is 28.6 Å². The lowest BCUT2D eigenvalue weighted by atomic mass is 10.0. The van der Waals surface area contributed by atoms with Gasteiger partial charge in [-0.1, -0.05) is 400 Å². The van der Waals surface area contributed by atoms with Gasteiger partial charge in [0.2, 0.25) is 0 Å². The van der Waals surface area contributed by atoms with Gasteiger partial charge in [0, 0.05) is 19.3 Å². The zero-order valence-electron chi connectivity index (χ0n) is 54.9. The molecule has 0 aromatic heterocycles. The van der Waals surface area contributed by atoms with Gasteiger partial charge in [0.25, 0.3) is 0 Å². The van der Waals surface area contributed by atoms with E-state index < -0.39 is 6.10 Å². The predicted octanol–water partition coefficient (Wildman–Crippen LogP) is 25.4. The Morgan fingerprint density at radius 1 is 0.200 bits per heavy atom. The van der Waals surface area contributed by atoms with Crippen LogP contribution in [0.15, 0.2) is 0 Å². The van der Waals surface area contributed by atoms with Crippen molar-refractivity contribution in [3.63, 3.8) is 0 Å². The van der Waals surface area contributed by atoms with Crippen molar-refractivity contribution >= 4 is 17.9 Å². The first-order chi connectivity index (χ1) is 39.5. The van der Waals surface area contributed by atoms with Gasteiger partial charge in [0.05, 0.1) is 0 Å². The largest absolute Gasteiger partial charge is 0.462 e. The van der Waals surface area contributed by atoms with Gasteiger partial charge in [-0.25, -0.2) is 0 Å². The molecule has 0 N–H and O–H groups in total. The van der Waals surface area contributed by atoms with Crippen LogP contribution in [0.2, 0.25) is 0 Å². The molecule has 476 valence electrons. The first kappa shape index (κ1) is 78.4. The Balaban J connectivity index is 3.97. The van der Waals surface area contributed by atoms with Crippen LogP contribution < -0.4 is 0 Å². The van der Waals surface area contributed by atoms with Crippen LogP contribution in [0.25, 0.3) is 0 Å². The molecule has 0 aromatic carbocycles. The smallest absolute Gasteiger partial charge is 0.306 e. The molecule has 6 heteroatoms. The number of hydrogen-bond donors (Lipinski definition) is 0. The summed E-state index contributed by atoms with van der Waals surface area (Å²) in [6, 6.07) is 0. The summed E-state index contributed by atoms with van der Waals surface area (Å²) >= 11 is 0.